The minimum absolute atomic E-state index is 0.108. The van der Waals surface area contributed by atoms with Gasteiger partial charge in [0.25, 0.3) is 5.91 Å². The molecule has 0 saturated carbocycles. The Morgan fingerprint density at radius 3 is 2.54 bits per heavy atom. The molecule has 0 spiro atoms. The highest BCUT2D eigenvalue weighted by atomic mass is 35.5. The Kier molecular flexibility index (Phi) is 6.01. The van der Waals surface area contributed by atoms with Gasteiger partial charge in [-0.1, -0.05) is 41.4 Å². The van der Waals surface area contributed by atoms with Gasteiger partial charge in [0.05, 0.1) is 47.6 Å². The second-order valence-corrected chi connectivity index (χ2v) is 7.19. The maximum Gasteiger partial charge on any atom is 0.282 e. The zero-order valence-electron chi connectivity index (χ0n) is 14.4. The summed E-state index contributed by atoms with van der Waals surface area (Å²) in [4.78, 5) is 15.8. The number of carbonyl (C=O) groups excluding carboxylic acids is 1. The predicted molar refractivity (Wildman–Crippen MR) is 104 cm³/mol. The first-order valence-corrected chi connectivity index (χ1v) is 9.32. The highest BCUT2D eigenvalue weighted by molar-refractivity contribution is 6.44. The number of nitrogens with zero attached hydrogens (tertiary/aromatic N) is 1. The van der Waals surface area contributed by atoms with Crippen molar-refractivity contribution in [1.82, 2.24) is 0 Å². The van der Waals surface area contributed by atoms with Gasteiger partial charge in [-0.3, -0.25) is 4.79 Å². The van der Waals surface area contributed by atoms with Gasteiger partial charge in [-0.05, 0) is 31.2 Å². The quantitative estimate of drug-likeness (QED) is 0.833. The second kappa shape index (κ2) is 8.25. The van der Waals surface area contributed by atoms with Crippen molar-refractivity contribution in [3.05, 3.63) is 58.3 Å². The fraction of sp³-hybridized carbons (Fsp3) is 0.316. The molecule has 1 atom stereocenters. The zero-order valence-corrected chi connectivity index (χ0v) is 15.9. The van der Waals surface area contributed by atoms with Crippen molar-refractivity contribution in [3.8, 4) is 0 Å². The van der Waals surface area contributed by atoms with E-state index in [0.717, 1.165) is 18.0 Å². The highest BCUT2D eigenvalue weighted by Gasteiger charge is 2.30. The van der Waals surface area contributed by atoms with E-state index in [1.165, 1.54) is 6.07 Å². The first-order chi connectivity index (χ1) is 12.5. The molecular weight excluding hydrogens is 376 g/mol. The Morgan fingerprint density at radius 1 is 1.15 bits per heavy atom. The Morgan fingerprint density at radius 2 is 1.85 bits per heavy atom. The number of amides is 1. The van der Waals surface area contributed by atoms with E-state index in [-0.39, 0.29) is 17.8 Å². The molecule has 0 aliphatic carbocycles. The lowest BCUT2D eigenvalue weighted by Gasteiger charge is -2.36. The standard InChI is InChI=1S/C19H20Cl2FN3O/c1-13(19(26)23-16-7-4-5-14(20)18(16)21)24-9-11-25(12-10-24)17-8-3-2-6-15(17)22/h2-8,13H,9-12H2,1H3,(H,23,26)/p+1/t13-/m1/s1. The Hall–Kier alpha value is -1.82. The van der Waals surface area contributed by atoms with Gasteiger partial charge in [0.1, 0.15) is 5.82 Å². The van der Waals surface area contributed by atoms with Gasteiger partial charge in [0.15, 0.2) is 6.04 Å². The first-order valence-electron chi connectivity index (χ1n) is 8.56. The van der Waals surface area contributed by atoms with Crippen molar-refractivity contribution in [2.45, 2.75) is 13.0 Å². The minimum Gasteiger partial charge on any atom is -0.358 e. The average molecular weight is 397 g/mol. The van der Waals surface area contributed by atoms with Crippen LogP contribution >= 0.6 is 23.2 Å². The molecule has 1 amide bonds. The number of benzene rings is 2. The minimum atomic E-state index is -0.243. The summed E-state index contributed by atoms with van der Waals surface area (Å²) in [6.07, 6.45) is 0. The maximum absolute atomic E-state index is 13.9. The van der Waals surface area contributed by atoms with E-state index in [9.17, 15) is 9.18 Å². The molecule has 0 aromatic heterocycles. The molecule has 1 saturated heterocycles. The van der Waals surface area contributed by atoms with Gasteiger partial charge < -0.3 is 15.1 Å². The second-order valence-electron chi connectivity index (χ2n) is 6.41. The molecule has 26 heavy (non-hydrogen) atoms. The number of hydrogen-bond donors (Lipinski definition) is 2. The zero-order chi connectivity index (χ0) is 18.7. The number of anilines is 2. The van der Waals surface area contributed by atoms with Crippen LogP contribution in [0.1, 0.15) is 6.92 Å². The van der Waals surface area contributed by atoms with Gasteiger partial charge in [-0.15, -0.1) is 0 Å². The van der Waals surface area contributed by atoms with Gasteiger partial charge in [-0.2, -0.15) is 0 Å². The molecule has 0 unspecified atom stereocenters. The number of nitrogens with one attached hydrogen (secondary N) is 2. The lowest BCUT2D eigenvalue weighted by atomic mass is 10.2. The Bertz CT molecular complexity index is 794. The molecule has 1 aliphatic rings. The summed E-state index contributed by atoms with van der Waals surface area (Å²) < 4.78 is 13.9. The van der Waals surface area contributed by atoms with Gasteiger partial charge in [0, 0.05) is 0 Å². The molecule has 2 aromatic rings. The van der Waals surface area contributed by atoms with Gasteiger partial charge >= 0.3 is 0 Å². The summed E-state index contributed by atoms with van der Waals surface area (Å²) in [6.45, 7) is 4.80. The molecule has 0 bridgehead atoms. The topological polar surface area (TPSA) is 36.8 Å². The molecule has 4 nitrogen and oxygen atoms in total. The number of rotatable bonds is 4. The van der Waals surface area contributed by atoms with E-state index < -0.39 is 0 Å². The third-order valence-corrected chi connectivity index (χ3v) is 5.63. The van der Waals surface area contributed by atoms with Crippen molar-refractivity contribution >= 4 is 40.5 Å². The summed E-state index contributed by atoms with van der Waals surface area (Å²) in [5, 5.41) is 3.60. The van der Waals surface area contributed by atoms with Crippen LogP contribution in [0.4, 0.5) is 15.8 Å². The molecule has 3 rings (SSSR count). The normalized spacial score (nSPS) is 16.4. The first kappa shape index (κ1) is 19.0. The number of hydrogen-bond acceptors (Lipinski definition) is 2. The molecule has 2 N–H and O–H groups in total. The predicted octanol–water partition coefficient (Wildman–Crippen LogP) is 2.86. The molecule has 138 valence electrons. The van der Waals surface area contributed by atoms with Crippen LogP contribution < -0.4 is 15.1 Å². The van der Waals surface area contributed by atoms with E-state index in [2.05, 4.69) is 5.32 Å². The summed E-state index contributed by atoms with van der Waals surface area (Å²) in [5.41, 5.74) is 1.13. The molecule has 1 aliphatic heterocycles. The van der Waals surface area contributed by atoms with Crippen LogP contribution in [0.25, 0.3) is 0 Å². The van der Waals surface area contributed by atoms with Crippen molar-refractivity contribution in [2.75, 3.05) is 36.4 Å². The fourth-order valence-electron chi connectivity index (χ4n) is 3.20. The molecular formula is C19H21Cl2FN3O+. The number of halogens is 3. The number of piperazine rings is 1. The lowest BCUT2D eigenvalue weighted by molar-refractivity contribution is -0.914. The molecule has 0 radical (unpaired) electrons. The largest absolute Gasteiger partial charge is 0.358 e. The van der Waals surface area contributed by atoms with Gasteiger partial charge in [-0.25, -0.2) is 4.39 Å². The van der Waals surface area contributed by atoms with Crippen molar-refractivity contribution in [2.24, 2.45) is 0 Å². The van der Waals surface area contributed by atoms with Gasteiger partial charge in [0.2, 0.25) is 0 Å². The maximum atomic E-state index is 13.9. The van der Waals surface area contributed by atoms with E-state index >= 15 is 0 Å². The van der Waals surface area contributed by atoms with Crippen LogP contribution in [-0.4, -0.2) is 38.1 Å². The molecule has 2 aromatic carbocycles. The van der Waals surface area contributed by atoms with Crippen molar-refractivity contribution < 1.29 is 14.1 Å². The molecule has 1 heterocycles. The fourth-order valence-corrected chi connectivity index (χ4v) is 3.55. The van der Waals surface area contributed by atoms with Crippen LogP contribution in [0.5, 0.6) is 0 Å². The van der Waals surface area contributed by atoms with E-state index in [1.54, 1.807) is 30.3 Å². The molecule has 7 heteroatoms. The monoisotopic (exact) mass is 396 g/mol. The van der Waals surface area contributed by atoms with Crippen LogP contribution in [0.15, 0.2) is 42.5 Å². The summed E-state index contributed by atoms with van der Waals surface area (Å²) in [5.74, 6) is -0.319. The third kappa shape index (κ3) is 4.11. The van der Waals surface area contributed by atoms with Crippen LogP contribution in [-0.2, 0) is 4.79 Å². The van der Waals surface area contributed by atoms with Crippen LogP contribution in [0.3, 0.4) is 0 Å². The summed E-state index contributed by atoms with van der Waals surface area (Å²) >= 11 is 12.1. The molecule has 1 fully saturated rings. The average Bonchev–Trinajstić information content (AvgIpc) is 2.65. The number of para-hydroxylation sites is 1. The lowest BCUT2D eigenvalue weighted by Crippen LogP contribution is -3.19. The van der Waals surface area contributed by atoms with E-state index in [0.29, 0.717) is 34.5 Å². The van der Waals surface area contributed by atoms with Crippen LogP contribution in [0.2, 0.25) is 10.0 Å². The van der Waals surface area contributed by atoms with Crippen molar-refractivity contribution in [1.29, 1.82) is 0 Å². The number of quaternary nitrogens is 1. The van der Waals surface area contributed by atoms with E-state index in [1.807, 2.05) is 17.9 Å². The SMILES string of the molecule is C[C@H](C(=O)Nc1cccc(Cl)c1Cl)[NH+]1CCN(c2ccccc2F)CC1. The van der Waals surface area contributed by atoms with Crippen molar-refractivity contribution in [3.63, 3.8) is 0 Å². The highest BCUT2D eigenvalue weighted by Crippen LogP contribution is 2.29. The van der Waals surface area contributed by atoms with E-state index in [4.69, 9.17) is 23.2 Å². The summed E-state index contributed by atoms with van der Waals surface area (Å²) in [7, 11) is 0. The number of carbonyl (C=O) groups is 1. The summed E-state index contributed by atoms with van der Waals surface area (Å²) in [6, 6.07) is 11.7. The van der Waals surface area contributed by atoms with Crippen LogP contribution in [0, 0.1) is 5.82 Å². The Labute approximate surface area is 162 Å². The smallest absolute Gasteiger partial charge is 0.282 e. The third-order valence-electron chi connectivity index (χ3n) is 4.81. The Balaban J connectivity index is 1.59.